The zero-order chi connectivity index (χ0) is 14.1. The zero-order valence-corrected chi connectivity index (χ0v) is 12.3. The summed E-state index contributed by atoms with van der Waals surface area (Å²) in [7, 11) is 0. The van der Waals surface area contributed by atoms with E-state index in [9.17, 15) is 14.7 Å². The highest BCUT2D eigenvalue weighted by atomic mass is 32.2. The second kappa shape index (κ2) is 9.07. The van der Waals surface area contributed by atoms with E-state index in [-0.39, 0.29) is 11.9 Å². The molecule has 5 nitrogen and oxygen atoms in total. The molecule has 0 bridgehead atoms. The molecule has 0 saturated heterocycles. The molecule has 0 aromatic carbocycles. The van der Waals surface area contributed by atoms with E-state index >= 15 is 0 Å². The van der Waals surface area contributed by atoms with Crippen LogP contribution in [0.2, 0.25) is 0 Å². The molecule has 6 heteroatoms. The lowest BCUT2D eigenvalue weighted by molar-refractivity contribution is -0.141. The molecule has 3 N–H and O–H groups in total. The van der Waals surface area contributed by atoms with Gasteiger partial charge >= 0.3 is 12.0 Å². The van der Waals surface area contributed by atoms with Gasteiger partial charge in [0.25, 0.3) is 0 Å². The highest BCUT2D eigenvalue weighted by molar-refractivity contribution is 7.98. The van der Waals surface area contributed by atoms with Crippen LogP contribution < -0.4 is 10.6 Å². The van der Waals surface area contributed by atoms with Crippen LogP contribution in [0.1, 0.15) is 38.5 Å². The van der Waals surface area contributed by atoms with Crippen LogP contribution in [0.4, 0.5) is 4.79 Å². The predicted octanol–water partition coefficient (Wildman–Crippen LogP) is 2.07. The molecule has 0 heterocycles. The van der Waals surface area contributed by atoms with Crippen molar-refractivity contribution in [2.45, 2.75) is 44.6 Å². The first-order valence-corrected chi connectivity index (χ1v) is 8.30. The average Bonchev–Trinajstić information content (AvgIpc) is 2.41. The van der Waals surface area contributed by atoms with E-state index in [0.717, 1.165) is 37.9 Å². The Balaban J connectivity index is 2.35. The second-order valence-corrected chi connectivity index (χ2v) is 5.95. The number of carbonyl (C=O) groups excluding carboxylic acids is 1. The minimum absolute atomic E-state index is 0.0724. The first-order chi connectivity index (χ1) is 9.15. The Labute approximate surface area is 118 Å². The first kappa shape index (κ1) is 16.1. The van der Waals surface area contributed by atoms with E-state index in [4.69, 9.17) is 0 Å². The van der Waals surface area contributed by atoms with Crippen molar-refractivity contribution in [3.63, 3.8) is 0 Å². The summed E-state index contributed by atoms with van der Waals surface area (Å²) in [6, 6.07) is -1.11. The molecule has 0 aliphatic heterocycles. The number of carboxylic acid groups (broad SMARTS) is 1. The predicted molar refractivity (Wildman–Crippen MR) is 77.5 cm³/mol. The lowest BCUT2D eigenvalue weighted by Gasteiger charge is -2.28. The van der Waals surface area contributed by atoms with Crippen LogP contribution in [0.15, 0.2) is 0 Å². The number of urea groups is 1. The molecule has 0 aromatic heterocycles. The highest BCUT2D eigenvalue weighted by Gasteiger charge is 2.30. The van der Waals surface area contributed by atoms with Crippen LogP contribution in [-0.4, -0.2) is 41.7 Å². The molecule has 1 aliphatic rings. The van der Waals surface area contributed by atoms with Gasteiger partial charge in [-0.2, -0.15) is 11.8 Å². The van der Waals surface area contributed by atoms with Gasteiger partial charge in [-0.05, 0) is 37.2 Å². The number of aliphatic carboxylic acids is 1. The summed E-state index contributed by atoms with van der Waals surface area (Å²) in [5, 5.41) is 14.6. The monoisotopic (exact) mass is 288 g/mol. The van der Waals surface area contributed by atoms with Crippen LogP contribution >= 0.6 is 11.8 Å². The maximum Gasteiger partial charge on any atom is 0.326 e. The average molecular weight is 288 g/mol. The van der Waals surface area contributed by atoms with Crippen molar-refractivity contribution < 1.29 is 14.7 Å². The molecular weight excluding hydrogens is 264 g/mol. The second-order valence-electron chi connectivity index (χ2n) is 4.96. The molecular formula is C13H24N2O3S. The molecule has 110 valence electrons. The first-order valence-electron chi connectivity index (χ1n) is 6.91. The maximum absolute atomic E-state index is 11.7. The van der Waals surface area contributed by atoms with Gasteiger partial charge in [-0.3, -0.25) is 0 Å². The van der Waals surface area contributed by atoms with Gasteiger partial charge in [-0.1, -0.05) is 19.3 Å². The van der Waals surface area contributed by atoms with Gasteiger partial charge in [0, 0.05) is 6.54 Å². The summed E-state index contributed by atoms with van der Waals surface area (Å²) in [5.41, 5.74) is 0. The number of hydrogen-bond donors (Lipinski definition) is 3. The number of amides is 2. The minimum atomic E-state index is -0.925. The number of hydrogen-bond acceptors (Lipinski definition) is 3. The lowest BCUT2D eigenvalue weighted by Crippen LogP contribution is -2.50. The van der Waals surface area contributed by atoms with Gasteiger partial charge in [0.15, 0.2) is 0 Å². The van der Waals surface area contributed by atoms with E-state index in [1.807, 2.05) is 6.26 Å². The Kier molecular flexibility index (Phi) is 7.70. The molecule has 19 heavy (non-hydrogen) atoms. The summed E-state index contributed by atoms with van der Waals surface area (Å²) in [6.07, 6.45) is 7.99. The third kappa shape index (κ3) is 6.18. The number of rotatable bonds is 7. The van der Waals surface area contributed by atoms with E-state index in [1.54, 1.807) is 11.8 Å². The topological polar surface area (TPSA) is 78.4 Å². The van der Waals surface area contributed by atoms with Crippen molar-refractivity contribution in [1.82, 2.24) is 10.6 Å². The summed E-state index contributed by atoms with van der Waals surface area (Å²) in [4.78, 5) is 22.9. The van der Waals surface area contributed by atoms with Gasteiger partial charge in [0.2, 0.25) is 0 Å². The van der Waals surface area contributed by atoms with E-state index in [1.165, 1.54) is 6.42 Å². The van der Waals surface area contributed by atoms with Crippen molar-refractivity contribution in [3.8, 4) is 0 Å². The van der Waals surface area contributed by atoms with Crippen LogP contribution in [0.3, 0.4) is 0 Å². The lowest BCUT2D eigenvalue weighted by atomic mass is 9.84. The molecule has 1 saturated carbocycles. The normalized spacial score (nSPS) is 17.7. The Morgan fingerprint density at radius 1 is 1.32 bits per heavy atom. The molecule has 1 aliphatic carbocycles. The number of thioether (sulfide) groups is 1. The number of carbonyl (C=O) groups is 2. The van der Waals surface area contributed by atoms with Crippen molar-refractivity contribution >= 4 is 23.8 Å². The third-order valence-electron chi connectivity index (χ3n) is 3.48. The van der Waals surface area contributed by atoms with Crippen molar-refractivity contribution in [1.29, 1.82) is 0 Å². The fraction of sp³-hybridized carbons (Fsp3) is 0.846. The molecule has 0 aromatic rings. The van der Waals surface area contributed by atoms with Gasteiger partial charge in [0.05, 0.1) is 0 Å². The molecule has 0 spiro atoms. The molecule has 1 unspecified atom stereocenters. The van der Waals surface area contributed by atoms with Gasteiger partial charge in [0.1, 0.15) is 6.04 Å². The standard InChI is InChI=1S/C13H24N2O3S/c1-19-9-5-8-14-13(18)15-11(12(16)17)10-6-3-2-4-7-10/h10-11H,2-9H2,1H3,(H,16,17)(H2,14,15,18). The largest absolute Gasteiger partial charge is 0.480 e. The summed E-state index contributed by atoms with van der Waals surface area (Å²) in [5.74, 6) is 0.139. The van der Waals surface area contributed by atoms with Crippen molar-refractivity contribution in [2.75, 3.05) is 18.6 Å². The van der Waals surface area contributed by atoms with Gasteiger partial charge < -0.3 is 15.7 Å². The Morgan fingerprint density at radius 3 is 2.58 bits per heavy atom. The van der Waals surface area contributed by atoms with Crippen molar-refractivity contribution in [3.05, 3.63) is 0 Å². The minimum Gasteiger partial charge on any atom is -0.480 e. The molecule has 2 amide bonds. The Hall–Kier alpha value is -0.910. The van der Waals surface area contributed by atoms with Gasteiger partial charge in [-0.15, -0.1) is 0 Å². The smallest absolute Gasteiger partial charge is 0.326 e. The third-order valence-corrected chi connectivity index (χ3v) is 4.18. The molecule has 0 radical (unpaired) electrons. The number of carboxylic acids is 1. The fourth-order valence-electron chi connectivity index (χ4n) is 2.46. The summed E-state index contributed by atoms with van der Waals surface area (Å²) < 4.78 is 0. The summed E-state index contributed by atoms with van der Waals surface area (Å²) >= 11 is 1.73. The SMILES string of the molecule is CSCCCNC(=O)NC(C(=O)O)C1CCCCC1. The van der Waals surface area contributed by atoms with Crippen LogP contribution in [-0.2, 0) is 4.79 Å². The zero-order valence-electron chi connectivity index (χ0n) is 11.5. The Bertz CT molecular complexity index is 294. The van der Waals surface area contributed by atoms with Crippen LogP contribution in [0, 0.1) is 5.92 Å². The fourth-order valence-corrected chi connectivity index (χ4v) is 2.89. The van der Waals surface area contributed by atoms with Crippen LogP contribution in [0.25, 0.3) is 0 Å². The molecule has 1 fully saturated rings. The van der Waals surface area contributed by atoms with E-state index < -0.39 is 12.0 Å². The van der Waals surface area contributed by atoms with Crippen LogP contribution in [0.5, 0.6) is 0 Å². The molecule has 1 atom stereocenters. The van der Waals surface area contributed by atoms with Crippen molar-refractivity contribution in [2.24, 2.45) is 5.92 Å². The highest BCUT2D eigenvalue weighted by Crippen LogP contribution is 2.26. The summed E-state index contributed by atoms with van der Waals surface area (Å²) in [6.45, 7) is 0.587. The maximum atomic E-state index is 11.7. The quantitative estimate of drug-likeness (QED) is 0.627. The Morgan fingerprint density at radius 2 is 2.00 bits per heavy atom. The molecule has 1 rings (SSSR count). The number of nitrogens with one attached hydrogen (secondary N) is 2. The van der Waals surface area contributed by atoms with E-state index in [2.05, 4.69) is 10.6 Å². The van der Waals surface area contributed by atoms with E-state index in [0.29, 0.717) is 6.54 Å². The van der Waals surface area contributed by atoms with Gasteiger partial charge in [-0.25, -0.2) is 9.59 Å².